The zero-order chi connectivity index (χ0) is 20.4. The van der Waals surface area contributed by atoms with Crippen LogP contribution in [-0.2, 0) is 4.79 Å². The van der Waals surface area contributed by atoms with Gasteiger partial charge in [-0.25, -0.2) is 0 Å². The number of carbonyl (C=O) groups excluding carboxylic acids is 1. The molecule has 1 aromatic heterocycles. The van der Waals surface area contributed by atoms with Crippen LogP contribution in [0, 0.1) is 0 Å². The maximum Gasteiger partial charge on any atom is 0.240 e. The monoisotopic (exact) mass is 429 g/mol. The Balaban J connectivity index is 0.00000256. The van der Waals surface area contributed by atoms with E-state index in [0.29, 0.717) is 24.7 Å². The van der Waals surface area contributed by atoms with Crippen molar-refractivity contribution in [1.29, 1.82) is 0 Å². The van der Waals surface area contributed by atoms with Gasteiger partial charge in [0.15, 0.2) is 11.5 Å². The predicted octanol–water partition coefficient (Wildman–Crippen LogP) is 3.74. The first-order chi connectivity index (χ1) is 14.1. The van der Waals surface area contributed by atoms with Gasteiger partial charge in [0.25, 0.3) is 0 Å². The molecule has 0 bridgehead atoms. The van der Waals surface area contributed by atoms with Crippen LogP contribution in [0.3, 0.4) is 0 Å². The molecule has 4 rings (SSSR count). The van der Waals surface area contributed by atoms with Gasteiger partial charge in [0.1, 0.15) is 0 Å². The Kier molecular flexibility index (Phi) is 6.58. The number of ether oxygens (including phenoxy) is 2. The number of fused-ring (bicyclic) bond motifs is 1. The van der Waals surface area contributed by atoms with Crippen molar-refractivity contribution in [2.24, 2.45) is 5.73 Å². The molecule has 0 spiro atoms. The second-order valence-electron chi connectivity index (χ2n) is 7.55. The fourth-order valence-corrected chi connectivity index (χ4v) is 3.70. The van der Waals surface area contributed by atoms with Gasteiger partial charge < -0.3 is 25.5 Å². The number of amides is 1. The molecule has 1 saturated carbocycles. The van der Waals surface area contributed by atoms with Crippen molar-refractivity contribution in [3.63, 3.8) is 0 Å². The van der Waals surface area contributed by atoms with Gasteiger partial charge in [0.2, 0.25) is 5.91 Å². The molecule has 7 heteroatoms. The molecule has 1 heterocycles. The van der Waals surface area contributed by atoms with E-state index in [1.807, 2.05) is 49.5 Å². The molecule has 1 aliphatic carbocycles. The lowest BCUT2D eigenvalue weighted by molar-refractivity contribution is -0.123. The summed E-state index contributed by atoms with van der Waals surface area (Å²) >= 11 is 0. The summed E-state index contributed by atoms with van der Waals surface area (Å²) in [5, 5.41) is 4.20. The molecular formula is C23H28ClN3O3. The number of aromatic nitrogens is 1. The first kappa shape index (κ1) is 22.0. The zero-order valence-corrected chi connectivity index (χ0v) is 18.1. The third-order valence-electron chi connectivity index (χ3n) is 5.59. The molecule has 1 aliphatic rings. The summed E-state index contributed by atoms with van der Waals surface area (Å²) < 4.78 is 11.2. The molecule has 30 heavy (non-hydrogen) atoms. The highest BCUT2D eigenvalue weighted by molar-refractivity contribution is 5.89. The van der Waals surface area contributed by atoms with Gasteiger partial charge in [-0.05, 0) is 49.1 Å². The summed E-state index contributed by atoms with van der Waals surface area (Å²) in [7, 11) is 1.63. The molecule has 0 saturated heterocycles. The first-order valence-corrected chi connectivity index (χ1v) is 9.99. The highest BCUT2D eigenvalue weighted by Gasteiger charge is 2.45. The lowest BCUT2D eigenvalue weighted by atomic mass is 9.90. The van der Waals surface area contributed by atoms with Crippen molar-refractivity contribution in [2.45, 2.75) is 31.2 Å². The zero-order valence-electron chi connectivity index (χ0n) is 17.2. The fraction of sp³-hybridized carbons (Fsp3) is 0.348. The summed E-state index contributed by atoms with van der Waals surface area (Å²) in [5.74, 6) is 1.25. The van der Waals surface area contributed by atoms with Gasteiger partial charge in [-0.2, -0.15) is 0 Å². The van der Waals surface area contributed by atoms with E-state index in [2.05, 4.69) is 16.4 Å². The predicted molar refractivity (Wildman–Crippen MR) is 121 cm³/mol. The van der Waals surface area contributed by atoms with E-state index in [4.69, 9.17) is 15.2 Å². The average molecular weight is 430 g/mol. The summed E-state index contributed by atoms with van der Waals surface area (Å²) in [4.78, 5) is 15.8. The standard InChI is InChI=1S/C23H27N3O3.ClH/c1-3-29-20-9-8-15(12-21(20)28-2)17(13-26-22(27)23(24)10-11-23)18-14-25-19-7-5-4-6-16(18)19;/h4-9,12,14,17,25H,3,10-11,13,24H2,1-2H3,(H,26,27);1H. The van der Waals surface area contributed by atoms with Crippen LogP contribution in [0.2, 0.25) is 0 Å². The van der Waals surface area contributed by atoms with Crippen LogP contribution in [-0.4, -0.2) is 36.7 Å². The molecule has 1 unspecified atom stereocenters. The molecule has 4 N–H and O–H groups in total. The van der Waals surface area contributed by atoms with Crippen LogP contribution in [0.5, 0.6) is 11.5 Å². The van der Waals surface area contributed by atoms with Gasteiger partial charge in [-0.1, -0.05) is 24.3 Å². The van der Waals surface area contributed by atoms with E-state index in [-0.39, 0.29) is 24.2 Å². The Morgan fingerprint density at radius 2 is 2.00 bits per heavy atom. The number of aromatic amines is 1. The Labute approximate surface area is 182 Å². The number of para-hydroxylation sites is 1. The van der Waals surface area contributed by atoms with E-state index in [1.54, 1.807) is 7.11 Å². The average Bonchev–Trinajstić information content (AvgIpc) is 3.36. The molecule has 1 atom stereocenters. The van der Waals surface area contributed by atoms with Crippen LogP contribution in [0.25, 0.3) is 10.9 Å². The van der Waals surface area contributed by atoms with Crippen molar-refractivity contribution in [3.05, 3.63) is 59.8 Å². The van der Waals surface area contributed by atoms with Gasteiger partial charge in [0.05, 0.1) is 19.3 Å². The van der Waals surface area contributed by atoms with Crippen molar-refractivity contribution in [2.75, 3.05) is 20.3 Å². The number of benzene rings is 2. The normalized spacial score (nSPS) is 15.2. The second-order valence-corrected chi connectivity index (χ2v) is 7.55. The molecule has 1 fully saturated rings. The molecule has 1 amide bonds. The third-order valence-corrected chi connectivity index (χ3v) is 5.59. The number of hydrogen-bond donors (Lipinski definition) is 3. The van der Waals surface area contributed by atoms with Crippen LogP contribution in [0.1, 0.15) is 36.8 Å². The fourth-order valence-electron chi connectivity index (χ4n) is 3.70. The minimum atomic E-state index is -0.693. The topological polar surface area (TPSA) is 89.4 Å². The summed E-state index contributed by atoms with van der Waals surface area (Å²) in [6, 6.07) is 14.1. The number of nitrogens with two attached hydrogens (primary N) is 1. The van der Waals surface area contributed by atoms with Gasteiger partial charge in [-0.3, -0.25) is 4.79 Å². The molecular weight excluding hydrogens is 402 g/mol. The number of carbonyl (C=O) groups is 1. The van der Waals surface area contributed by atoms with E-state index in [9.17, 15) is 4.79 Å². The molecule has 160 valence electrons. The van der Waals surface area contributed by atoms with Crippen LogP contribution < -0.4 is 20.5 Å². The maximum atomic E-state index is 12.5. The quantitative estimate of drug-likeness (QED) is 0.509. The number of methoxy groups -OCH3 is 1. The van der Waals surface area contributed by atoms with Gasteiger partial charge in [-0.15, -0.1) is 12.4 Å². The highest BCUT2D eigenvalue weighted by atomic mass is 35.5. The third kappa shape index (κ3) is 4.25. The number of hydrogen-bond acceptors (Lipinski definition) is 4. The summed E-state index contributed by atoms with van der Waals surface area (Å²) in [6.07, 6.45) is 3.50. The van der Waals surface area contributed by atoms with Crippen molar-refractivity contribution in [3.8, 4) is 11.5 Å². The van der Waals surface area contributed by atoms with E-state index in [0.717, 1.165) is 34.9 Å². The maximum absolute atomic E-state index is 12.5. The smallest absolute Gasteiger partial charge is 0.240 e. The molecule has 2 aromatic carbocycles. The Bertz CT molecular complexity index is 1030. The van der Waals surface area contributed by atoms with Gasteiger partial charge in [0, 0.05) is 29.6 Å². The van der Waals surface area contributed by atoms with Crippen molar-refractivity contribution >= 4 is 29.2 Å². The van der Waals surface area contributed by atoms with Crippen LogP contribution >= 0.6 is 12.4 Å². The lowest BCUT2D eigenvalue weighted by Crippen LogP contribution is -2.44. The Hall–Kier alpha value is -2.70. The molecule has 0 radical (unpaired) electrons. The minimum absolute atomic E-state index is 0. The Morgan fingerprint density at radius 3 is 2.70 bits per heavy atom. The lowest BCUT2D eigenvalue weighted by Gasteiger charge is -2.21. The van der Waals surface area contributed by atoms with Gasteiger partial charge >= 0.3 is 0 Å². The van der Waals surface area contributed by atoms with Crippen molar-refractivity contribution < 1.29 is 14.3 Å². The summed E-state index contributed by atoms with van der Waals surface area (Å²) in [5.41, 5.74) is 8.60. The Morgan fingerprint density at radius 1 is 1.23 bits per heavy atom. The van der Waals surface area contributed by atoms with E-state index < -0.39 is 5.54 Å². The van der Waals surface area contributed by atoms with E-state index in [1.165, 1.54) is 0 Å². The van der Waals surface area contributed by atoms with Crippen LogP contribution in [0.4, 0.5) is 0 Å². The summed E-state index contributed by atoms with van der Waals surface area (Å²) in [6.45, 7) is 2.96. The number of halogens is 1. The highest BCUT2D eigenvalue weighted by Crippen LogP contribution is 2.37. The molecule has 0 aliphatic heterocycles. The molecule has 6 nitrogen and oxygen atoms in total. The minimum Gasteiger partial charge on any atom is -0.493 e. The van der Waals surface area contributed by atoms with E-state index >= 15 is 0 Å². The van der Waals surface area contributed by atoms with Crippen LogP contribution in [0.15, 0.2) is 48.7 Å². The molecule has 3 aromatic rings. The van der Waals surface area contributed by atoms with Crippen molar-refractivity contribution in [1.82, 2.24) is 10.3 Å². The number of H-pyrrole nitrogens is 1. The first-order valence-electron chi connectivity index (χ1n) is 9.99. The second kappa shape index (κ2) is 8.98. The number of nitrogens with one attached hydrogen (secondary N) is 2. The SMILES string of the molecule is CCOc1ccc(C(CNC(=O)C2(N)CC2)c2c[nH]c3ccccc23)cc1OC.Cl. The number of rotatable bonds is 8. The largest absolute Gasteiger partial charge is 0.493 e.